The zero-order chi connectivity index (χ0) is 77.0. The fourth-order valence-electron chi connectivity index (χ4n) is 12.8. The zero-order valence-corrected chi connectivity index (χ0v) is 62.2. The maximum absolute atomic E-state index is 14.5. The van der Waals surface area contributed by atoms with E-state index < -0.39 is 173 Å². The van der Waals surface area contributed by atoms with Gasteiger partial charge in [0.25, 0.3) is 0 Å². The minimum Gasteiger partial charge on any atom is -0.445 e. The van der Waals surface area contributed by atoms with E-state index in [4.69, 9.17) is 70.7 Å². The Bertz CT molecular complexity index is 3840. The summed E-state index contributed by atoms with van der Waals surface area (Å²) in [4.78, 5) is 70.3. The second kappa shape index (κ2) is 38.6. The number of alkyl carbamates (subject to hydrolysis) is 5. The van der Waals surface area contributed by atoms with E-state index >= 15 is 0 Å². The Labute approximate surface area is 633 Å². The molecule has 11 rings (SSSR count). The number of aliphatic hydroxyl groups is 4. The summed E-state index contributed by atoms with van der Waals surface area (Å²) in [6, 6.07) is 47.1. The normalized spacial score (nSPS) is 28.9. The third-order valence-electron chi connectivity index (χ3n) is 19.8. The highest BCUT2D eigenvalue weighted by Gasteiger charge is 2.59. The molecule has 4 saturated heterocycles. The minimum atomic E-state index is -2.77. The highest BCUT2D eigenvalue weighted by atomic mass is 28.4. The van der Waals surface area contributed by atoms with E-state index in [1.54, 1.807) is 170 Å². The van der Waals surface area contributed by atoms with Crippen LogP contribution in [-0.4, -0.2) is 202 Å². The van der Waals surface area contributed by atoms with Gasteiger partial charge in [-0.05, 0) is 52.4 Å². The predicted octanol–water partition coefficient (Wildman–Crippen LogP) is 7.98. The number of hydrogen-bond donors (Lipinski definition) is 9. The van der Waals surface area contributed by atoms with Gasteiger partial charge in [0.05, 0.1) is 31.9 Å². The van der Waals surface area contributed by atoms with Crippen molar-refractivity contribution in [3.8, 4) is 0 Å². The Morgan fingerprint density at radius 2 is 0.899 bits per heavy atom. The van der Waals surface area contributed by atoms with Crippen LogP contribution in [-0.2, 0) is 104 Å². The van der Waals surface area contributed by atoms with Gasteiger partial charge in [0.15, 0.2) is 33.5 Å². The molecule has 9 N–H and O–H groups in total. The van der Waals surface area contributed by atoms with Crippen LogP contribution in [0, 0.1) is 0 Å². The van der Waals surface area contributed by atoms with E-state index in [0.717, 1.165) is 0 Å². The van der Waals surface area contributed by atoms with Gasteiger partial charge in [-0.25, -0.2) is 24.0 Å². The van der Waals surface area contributed by atoms with Gasteiger partial charge in [-0.15, -0.1) is 6.58 Å². The number of benzene rings is 6. The second-order valence-electron chi connectivity index (χ2n) is 28.5. The molecular formula is C79H97N5O24Si. The van der Waals surface area contributed by atoms with E-state index in [1.807, 2.05) is 46.0 Å². The summed E-state index contributed by atoms with van der Waals surface area (Å²) in [5.74, 6) is 0. The van der Waals surface area contributed by atoms with E-state index in [2.05, 4.69) is 33.2 Å². The lowest BCUT2D eigenvalue weighted by atomic mass is 9.83. The Morgan fingerprint density at radius 1 is 0.477 bits per heavy atom. The third-order valence-corrected chi connectivity index (χ3v) is 24.3. The predicted molar refractivity (Wildman–Crippen MR) is 391 cm³/mol. The smallest absolute Gasteiger partial charge is 0.407 e. The van der Waals surface area contributed by atoms with Crippen molar-refractivity contribution in [1.82, 2.24) is 26.6 Å². The molecule has 586 valence electrons. The molecule has 4 heterocycles. The summed E-state index contributed by atoms with van der Waals surface area (Å²) >= 11 is 0. The molecule has 0 aromatic heterocycles. The van der Waals surface area contributed by atoms with Gasteiger partial charge in [0, 0.05) is 12.1 Å². The van der Waals surface area contributed by atoms with Crippen LogP contribution in [0.5, 0.6) is 0 Å². The summed E-state index contributed by atoms with van der Waals surface area (Å²) in [6.07, 6.45) is -29.0. The molecule has 29 nitrogen and oxygen atoms in total. The first-order chi connectivity index (χ1) is 52.6. The molecule has 20 atom stereocenters. The highest BCUT2D eigenvalue weighted by Crippen LogP contribution is 2.42. The molecule has 0 bridgehead atoms. The number of amides is 5. The Hall–Kier alpha value is -8.93. The van der Waals surface area contributed by atoms with Gasteiger partial charge in [0.1, 0.15) is 118 Å². The van der Waals surface area contributed by atoms with Crippen LogP contribution in [0.4, 0.5) is 24.0 Å². The number of fused-ring (bicyclic) bond motifs is 1. The third kappa shape index (κ3) is 22.2. The van der Waals surface area contributed by atoms with Crippen LogP contribution < -0.4 is 26.6 Å². The fraction of sp³-hybridized carbons (Fsp3) is 0.456. The monoisotopic (exact) mass is 1530 g/mol. The fourth-order valence-corrected chi connectivity index (χ4v) is 13.9. The highest BCUT2D eigenvalue weighted by molar-refractivity contribution is 6.74. The molecule has 1 saturated carbocycles. The summed E-state index contributed by atoms with van der Waals surface area (Å²) in [5, 5.41) is 63.4. The molecule has 6 aromatic rings. The van der Waals surface area contributed by atoms with Gasteiger partial charge in [0.2, 0.25) is 0 Å². The van der Waals surface area contributed by atoms with Crippen LogP contribution in [0.1, 0.15) is 66.9 Å². The number of hydrogen-bond acceptors (Lipinski definition) is 24. The van der Waals surface area contributed by atoms with Crippen LogP contribution in [0.3, 0.4) is 0 Å². The van der Waals surface area contributed by atoms with Gasteiger partial charge < -0.3 is 118 Å². The van der Waals surface area contributed by atoms with Crippen molar-refractivity contribution < 1.29 is 115 Å². The summed E-state index contributed by atoms with van der Waals surface area (Å²) in [7, 11) is -2.77. The Balaban J connectivity index is 0.969. The standard InChI is InChI=1S/C79H97N5O24Si/c1-7-38-94-69-67(107-71-59(83-77(92)99-44-51-32-20-11-21-33-51)63(87)62(86)56(102-71)40-80-74(89)96-41-48-26-14-8-15-27-48)58(47-101-109(5,6)79(2,3)4)104-73(69)108-68-61(85)54(81-75(90)97-42-49-28-16-9-17-29-49)39-55(82-76(91)98-43-50-30-18-10-19-31-50)65(68)105-72-60(84-78(93)100-45-52-34-22-12-23-35-52)64(88)66-57(103-72)46-95-70(106-66)53-36-24-13-25-37-53/h7-37,54-73,85-88H,1,38-47H2,2-6H3,(H,80,89)(H,81,90)(H,82,91)(H,83,92)(H,84,93). The number of carbonyl (C=O) groups excluding carboxylic acids is 5. The van der Waals surface area contributed by atoms with Crippen molar-refractivity contribution >= 4 is 38.8 Å². The molecule has 6 aromatic carbocycles. The molecule has 0 spiro atoms. The largest absolute Gasteiger partial charge is 0.445 e. The van der Waals surface area contributed by atoms with E-state index in [-0.39, 0.29) is 59.3 Å². The average Bonchev–Trinajstić information content (AvgIpc) is 1.73. The molecule has 0 radical (unpaired) electrons. The lowest BCUT2D eigenvalue weighted by Gasteiger charge is -2.51. The van der Waals surface area contributed by atoms with E-state index in [0.29, 0.717) is 33.4 Å². The van der Waals surface area contributed by atoms with Crippen molar-refractivity contribution in [3.05, 3.63) is 228 Å². The number of rotatable bonds is 29. The Kier molecular flexibility index (Phi) is 28.7. The zero-order valence-electron chi connectivity index (χ0n) is 61.2. The molecule has 109 heavy (non-hydrogen) atoms. The van der Waals surface area contributed by atoms with Gasteiger partial charge in [-0.2, -0.15) is 0 Å². The Morgan fingerprint density at radius 3 is 1.39 bits per heavy atom. The lowest BCUT2D eigenvalue weighted by Crippen LogP contribution is -2.71. The summed E-state index contributed by atoms with van der Waals surface area (Å²) in [5.41, 5.74) is 3.84. The maximum atomic E-state index is 14.5. The summed E-state index contributed by atoms with van der Waals surface area (Å²) < 4.78 is 96.2. The van der Waals surface area contributed by atoms with Crippen molar-refractivity contribution in [2.75, 3.05) is 26.4 Å². The van der Waals surface area contributed by atoms with Crippen LogP contribution in [0.25, 0.3) is 0 Å². The van der Waals surface area contributed by atoms with E-state index in [9.17, 15) is 44.4 Å². The topological polar surface area (TPSA) is 365 Å². The molecule has 1 aliphatic carbocycles. The molecule has 5 fully saturated rings. The van der Waals surface area contributed by atoms with Crippen molar-refractivity contribution in [3.63, 3.8) is 0 Å². The summed E-state index contributed by atoms with van der Waals surface area (Å²) in [6.45, 7) is 11.9. The van der Waals surface area contributed by atoms with Crippen LogP contribution in [0.2, 0.25) is 18.1 Å². The van der Waals surface area contributed by atoms with Crippen molar-refractivity contribution in [2.24, 2.45) is 0 Å². The number of ether oxygens (including phenoxy) is 14. The van der Waals surface area contributed by atoms with Crippen molar-refractivity contribution in [2.45, 2.75) is 201 Å². The van der Waals surface area contributed by atoms with E-state index in [1.165, 1.54) is 6.08 Å². The minimum absolute atomic E-state index is 0.105. The molecule has 5 amide bonds. The first-order valence-corrected chi connectivity index (χ1v) is 39.2. The SMILES string of the molecule is C=CCOC1C(OC2C(O)C(NC(=O)OCc3ccccc3)CC(NC(=O)OCc3ccccc3)C2OC2OC3COC(c4ccccc4)OC3C(O)C2NC(=O)OCc2ccccc2)OC(CO[Si](C)(C)C(C)(C)C)C1OC1OC(CNC(=O)OCc2ccccc2)C(O)C(O)C1NC(=O)OCc1ccccc1. The van der Waals surface area contributed by atoms with Crippen molar-refractivity contribution in [1.29, 1.82) is 0 Å². The molecule has 20 unspecified atom stereocenters. The van der Waals surface area contributed by atoms with Gasteiger partial charge in [-0.3, -0.25) is 0 Å². The first-order valence-electron chi connectivity index (χ1n) is 36.2. The molecule has 5 aliphatic rings. The first kappa shape index (κ1) is 81.1. The van der Waals surface area contributed by atoms with Crippen LogP contribution in [0.15, 0.2) is 195 Å². The van der Waals surface area contributed by atoms with Gasteiger partial charge >= 0.3 is 30.5 Å². The second-order valence-corrected chi connectivity index (χ2v) is 33.3. The maximum Gasteiger partial charge on any atom is 0.407 e. The number of carbonyl (C=O) groups is 5. The number of nitrogens with one attached hydrogen (secondary N) is 5. The molecular weight excluding hydrogens is 1430 g/mol. The molecule has 30 heteroatoms. The quantitative estimate of drug-likeness (QED) is 0.0122. The van der Waals surface area contributed by atoms with Crippen LogP contribution >= 0.6 is 0 Å². The average molecular weight is 1530 g/mol. The van der Waals surface area contributed by atoms with Gasteiger partial charge in [-0.1, -0.05) is 209 Å². The number of aliphatic hydroxyl groups excluding tert-OH is 4. The lowest BCUT2D eigenvalue weighted by molar-refractivity contribution is -0.358. The molecule has 4 aliphatic heterocycles.